The number of para-hydroxylation sites is 1. The van der Waals surface area contributed by atoms with Crippen LogP contribution in [0.2, 0.25) is 0 Å². The van der Waals surface area contributed by atoms with Gasteiger partial charge in [-0.25, -0.2) is 0 Å². The zero-order chi connectivity index (χ0) is 23.0. The van der Waals surface area contributed by atoms with Crippen LogP contribution in [0.15, 0.2) is 78.9 Å². The lowest BCUT2D eigenvalue weighted by atomic mass is 10.1. The van der Waals surface area contributed by atoms with E-state index in [0.717, 1.165) is 25.2 Å². The zero-order valence-electron chi connectivity index (χ0n) is 19.1. The minimum atomic E-state index is -0.226. The van der Waals surface area contributed by atoms with Gasteiger partial charge in [0, 0.05) is 12.1 Å². The van der Waals surface area contributed by atoms with Crippen LogP contribution in [0, 0.1) is 0 Å². The van der Waals surface area contributed by atoms with E-state index in [1.54, 1.807) is 18.2 Å². The summed E-state index contributed by atoms with van der Waals surface area (Å²) in [6.45, 7) is 5.15. The number of nitrogens with one attached hydrogen (secondary N) is 2. The molecule has 0 unspecified atom stereocenters. The Balaban J connectivity index is 1.40. The van der Waals surface area contributed by atoms with Crippen molar-refractivity contribution in [3.63, 3.8) is 0 Å². The van der Waals surface area contributed by atoms with Crippen molar-refractivity contribution in [3.05, 3.63) is 101 Å². The van der Waals surface area contributed by atoms with Gasteiger partial charge in [-0.1, -0.05) is 61.0 Å². The molecule has 0 saturated carbocycles. The van der Waals surface area contributed by atoms with Crippen LogP contribution in [0.3, 0.4) is 0 Å². The summed E-state index contributed by atoms with van der Waals surface area (Å²) in [4.78, 5) is 28.3. The van der Waals surface area contributed by atoms with Crippen molar-refractivity contribution >= 4 is 17.5 Å². The third-order valence-electron chi connectivity index (χ3n) is 6.14. The van der Waals surface area contributed by atoms with E-state index >= 15 is 0 Å². The second-order valence-corrected chi connectivity index (χ2v) is 8.64. The summed E-state index contributed by atoms with van der Waals surface area (Å²) >= 11 is 0. The molecule has 0 spiro atoms. The van der Waals surface area contributed by atoms with Gasteiger partial charge in [0.1, 0.15) is 0 Å². The van der Waals surface area contributed by atoms with Gasteiger partial charge in [-0.3, -0.25) is 14.5 Å². The second-order valence-electron chi connectivity index (χ2n) is 8.64. The molecule has 0 bridgehead atoms. The summed E-state index contributed by atoms with van der Waals surface area (Å²) in [7, 11) is 0. The van der Waals surface area contributed by atoms with Gasteiger partial charge in [0.25, 0.3) is 11.8 Å². The third-order valence-corrected chi connectivity index (χ3v) is 6.14. The number of anilines is 1. The highest BCUT2D eigenvalue weighted by atomic mass is 16.2. The van der Waals surface area contributed by atoms with Crippen LogP contribution in [-0.4, -0.2) is 29.8 Å². The fraction of sp³-hybridized carbons (Fsp3) is 0.286. The minimum Gasteiger partial charge on any atom is -0.345 e. The van der Waals surface area contributed by atoms with Crippen LogP contribution in [0.1, 0.15) is 64.1 Å². The molecule has 33 heavy (non-hydrogen) atoms. The summed E-state index contributed by atoms with van der Waals surface area (Å²) in [5, 5.41) is 5.93. The number of carbonyl (C=O) groups excluding carboxylic acids is 2. The summed E-state index contributed by atoms with van der Waals surface area (Å²) in [6.07, 6.45) is 3.84. The van der Waals surface area contributed by atoms with E-state index in [2.05, 4.69) is 15.5 Å². The van der Waals surface area contributed by atoms with E-state index in [1.807, 2.05) is 67.6 Å². The zero-order valence-corrected chi connectivity index (χ0v) is 19.1. The Hall–Kier alpha value is -3.44. The highest BCUT2D eigenvalue weighted by molar-refractivity contribution is 6.09. The first-order valence-electron chi connectivity index (χ1n) is 11.7. The molecule has 1 aliphatic rings. The first-order chi connectivity index (χ1) is 16.1. The molecule has 0 radical (unpaired) electrons. The van der Waals surface area contributed by atoms with Crippen molar-refractivity contribution in [2.24, 2.45) is 0 Å². The summed E-state index contributed by atoms with van der Waals surface area (Å²) in [5.41, 5.74) is 3.75. The number of nitrogens with zero attached hydrogens (tertiary/aromatic N) is 1. The highest BCUT2D eigenvalue weighted by Gasteiger charge is 2.17. The number of hydrogen-bond acceptors (Lipinski definition) is 3. The average molecular weight is 442 g/mol. The maximum atomic E-state index is 12.9. The Morgan fingerprint density at radius 3 is 2.21 bits per heavy atom. The Morgan fingerprint density at radius 2 is 1.48 bits per heavy atom. The van der Waals surface area contributed by atoms with Crippen molar-refractivity contribution in [2.75, 3.05) is 18.4 Å². The van der Waals surface area contributed by atoms with Gasteiger partial charge in [0.05, 0.1) is 17.3 Å². The molecule has 2 amide bonds. The van der Waals surface area contributed by atoms with Crippen LogP contribution in [0.4, 0.5) is 5.69 Å². The second kappa shape index (κ2) is 10.9. The molecule has 1 atom stereocenters. The minimum absolute atomic E-state index is 0.144. The fourth-order valence-electron chi connectivity index (χ4n) is 4.22. The van der Waals surface area contributed by atoms with Gasteiger partial charge < -0.3 is 10.6 Å². The third kappa shape index (κ3) is 6.08. The molecule has 3 aromatic rings. The molecule has 0 aliphatic carbocycles. The number of carbonyl (C=O) groups is 2. The Morgan fingerprint density at radius 1 is 0.818 bits per heavy atom. The van der Waals surface area contributed by atoms with Crippen molar-refractivity contribution in [1.29, 1.82) is 0 Å². The van der Waals surface area contributed by atoms with E-state index in [-0.39, 0.29) is 17.9 Å². The van der Waals surface area contributed by atoms with Crippen molar-refractivity contribution < 1.29 is 9.59 Å². The highest BCUT2D eigenvalue weighted by Crippen LogP contribution is 2.19. The summed E-state index contributed by atoms with van der Waals surface area (Å²) < 4.78 is 0. The SMILES string of the molecule is C[C@H](NC(=O)c1ccccc1NC(=O)c1ccc(CN2CCCCC2)cc1)c1ccccc1. The number of rotatable bonds is 7. The standard InChI is InChI=1S/C28H31N3O2/c1-21(23-10-4-2-5-11-23)29-28(33)25-12-6-7-13-26(25)30-27(32)24-16-14-22(15-17-24)20-31-18-8-3-9-19-31/h2,4-7,10-17,21H,3,8-9,18-20H2,1H3,(H,29,33)(H,30,32)/t21-/m0/s1. The van der Waals surface area contributed by atoms with E-state index in [9.17, 15) is 9.59 Å². The summed E-state index contributed by atoms with van der Waals surface area (Å²) in [6, 6.07) is 24.5. The largest absolute Gasteiger partial charge is 0.345 e. The maximum absolute atomic E-state index is 12.9. The molecule has 170 valence electrons. The Labute approximate surface area is 195 Å². The molecule has 5 nitrogen and oxygen atoms in total. The van der Waals surface area contributed by atoms with Crippen LogP contribution in [-0.2, 0) is 6.54 Å². The van der Waals surface area contributed by atoms with Crippen LogP contribution >= 0.6 is 0 Å². The number of amides is 2. The molecule has 1 fully saturated rings. The first-order valence-corrected chi connectivity index (χ1v) is 11.7. The molecular weight excluding hydrogens is 410 g/mol. The number of piperidine rings is 1. The van der Waals surface area contributed by atoms with Gasteiger partial charge in [-0.05, 0) is 68.2 Å². The number of likely N-dealkylation sites (tertiary alicyclic amines) is 1. The molecule has 3 aromatic carbocycles. The molecule has 2 N–H and O–H groups in total. The molecule has 0 aromatic heterocycles. The van der Waals surface area contributed by atoms with Gasteiger partial charge in [0.15, 0.2) is 0 Å². The predicted molar refractivity (Wildman–Crippen MR) is 132 cm³/mol. The smallest absolute Gasteiger partial charge is 0.255 e. The molecule has 1 aliphatic heterocycles. The van der Waals surface area contributed by atoms with Crippen molar-refractivity contribution in [3.8, 4) is 0 Å². The Kier molecular flexibility index (Phi) is 7.53. The van der Waals surface area contributed by atoms with E-state index in [1.165, 1.54) is 24.8 Å². The summed E-state index contributed by atoms with van der Waals surface area (Å²) in [5.74, 6) is -0.449. The van der Waals surface area contributed by atoms with Gasteiger partial charge in [-0.15, -0.1) is 0 Å². The quantitative estimate of drug-likeness (QED) is 0.515. The van der Waals surface area contributed by atoms with E-state index in [0.29, 0.717) is 16.8 Å². The topological polar surface area (TPSA) is 61.4 Å². The average Bonchev–Trinajstić information content (AvgIpc) is 2.86. The lowest BCUT2D eigenvalue weighted by Crippen LogP contribution is -2.29. The lowest BCUT2D eigenvalue weighted by Gasteiger charge is -2.26. The van der Waals surface area contributed by atoms with E-state index < -0.39 is 0 Å². The van der Waals surface area contributed by atoms with Crippen LogP contribution in [0.25, 0.3) is 0 Å². The maximum Gasteiger partial charge on any atom is 0.255 e. The van der Waals surface area contributed by atoms with Crippen molar-refractivity contribution in [1.82, 2.24) is 10.2 Å². The normalized spacial score (nSPS) is 14.9. The van der Waals surface area contributed by atoms with Gasteiger partial charge in [-0.2, -0.15) is 0 Å². The van der Waals surface area contributed by atoms with Gasteiger partial charge >= 0.3 is 0 Å². The number of hydrogen-bond donors (Lipinski definition) is 2. The molecule has 1 heterocycles. The monoisotopic (exact) mass is 441 g/mol. The molecule has 1 saturated heterocycles. The first kappa shape index (κ1) is 22.7. The number of benzene rings is 3. The van der Waals surface area contributed by atoms with Crippen LogP contribution in [0.5, 0.6) is 0 Å². The van der Waals surface area contributed by atoms with Crippen LogP contribution < -0.4 is 10.6 Å². The predicted octanol–water partition coefficient (Wildman–Crippen LogP) is 5.42. The fourth-order valence-corrected chi connectivity index (χ4v) is 4.22. The molecular formula is C28H31N3O2. The van der Waals surface area contributed by atoms with Crippen molar-refractivity contribution in [2.45, 2.75) is 38.8 Å². The van der Waals surface area contributed by atoms with E-state index in [4.69, 9.17) is 0 Å². The Bertz CT molecular complexity index is 1070. The molecule has 4 rings (SSSR count). The molecule has 5 heteroatoms. The lowest BCUT2D eigenvalue weighted by molar-refractivity contribution is 0.0941. The van der Waals surface area contributed by atoms with Gasteiger partial charge in [0.2, 0.25) is 0 Å².